The van der Waals surface area contributed by atoms with Crippen molar-refractivity contribution in [3.8, 4) is 0 Å². The Bertz CT molecular complexity index is 1060. The fourth-order valence-corrected chi connectivity index (χ4v) is 5.01. The minimum Gasteiger partial charge on any atom is -0.369 e. The molecule has 3 heterocycles. The number of likely N-dealkylation sites (tertiary alicyclic amines) is 1. The molecule has 1 aliphatic rings. The van der Waals surface area contributed by atoms with E-state index < -0.39 is 0 Å². The zero-order valence-corrected chi connectivity index (χ0v) is 17.7. The van der Waals surface area contributed by atoms with Crippen molar-refractivity contribution in [3.63, 3.8) is 0 Å². The lowest BCUT2D eigenvalue weighted by atomic mass is 9.96. The number of nitrogens with one attached hydrogen (secondary N) is 1. The number of amides is 2. The summed E-state index contributed by atoms with van der Waals surface area (Å²) in [5.74, 6) is 0.343. The van der Waals surface area contributed by atoms with Gasteiger partial charge >= 0.3 is 0 Å². The summed E-state index contributed by atoms with van der Waals surface area (Å²) < 4.78 is 0. The molecule has 1 saturated heterocycles. The van der Waals surface area contributed by atoms with Crippen LogP contribution in [-0.4, -0.2) is 46.3 Å². The fraction of sp³-hybridized carbons (Fsp3) is 0.364. The molecule has 7 nitrogen and oxygen atoms in total. The molecule has 0 bridgehead atoms. The molecule has 3 N–H and O–H groups in total. The Labute approximate surface area is 179 Å². The number of nitrogens with two attached hydrogens (primary N) is 1. The first-order valence-electron chi connectivity index (χ1n) is 10.1. The van der Waals surface area contributed by atoms with Gasteiger partial charge in [-0.1, -0.05) is 30.3 Å². The van der Waals surface area contributed by atoms with Crippen LogP contribution < -0.4 is 11.1 Å². The van der Waals surface area contributed by atoms with E-state index in [1.54, 1.807) is 0 Å². The molecule has 30 heavy (non-hydrogen) atoms. The lowest BCUT2D eigenvalue weighted by molar-refractivity contribution is -0.123. The van der Waals surface area contributed by atoms with Crippen LogP contribution in [0.4, 0.5) is 5.82 Å². The number of carbonyl (C=O) groups excluding carboxylic acids is 2. The average molecular weight is 424 g/mol. The van der Waals surface area contributed by atoms with Crippen molar-refractivity contribution in [2.45, 2.75) is 26.2 Å². The Hall–Kier alpha value is -3.00. The van der Waals surface area contributed by atoms with E-state index in [0.717, 1.165) is 34.6 Å². The van der Waals surface area contributed by atoms with Gasteiger partial charge in [0, 0.05) is 25.6 Å². The van der Waals surface area contributed by atoms with Gasteiger partial charge in [-0.3, -0.25) is 9.59 Å². The van der Waals surface area contributed by atoms with Crippen molar-refractivity contribution in [2.24, 2.45) is 11.7 Å². The molecule has 0 saturated carbocycles. The van der Waals surface area contributed by atoms with Crippen molar-refractivity contribution in [1.82, 2.24) is 14.9 Å². The predicted molar refractivity (Wildman–Crippen MR) is 119 cm³/mol. The number of nitrogens with zero attached hydrogens (tertiary/aromatic N) is 3. The van der Waals surface area contributed by atoms with Gasteiger partial charge in [0.15, 0.2) is 0 Å². The number of rotatable bonds is 6. The number of piperidine rings is 1. The summed E-state index contributed by atoms with van der Waals surface area (Å²) in [5, 5.41) is 4.31. The summed E-state index contributed by atoms with van der Waals surface area (Å²) in [6.45, 7) is 3.80. The van der Waals surface area contributed by atoms with Crippen LogP contribution in [0.15, 0.2) is 36.7 Å². The van der Waals surface area contributed by atoms with Crippen LogP contribution in [0.1, 0.15) is 33.6 Å². The van der Waals surface area contributed by atoms with Gasteiger partial charge in [0.1, 0.15) is 17.0 Å². The van der Waals surface area contributed by atoms with Crippen molar-refractivity contribution < 1.29 is 9.59 Å². The number of thiophene rings is 1. The van der Waals surface area contributed by atoms with Gasteiger partial charge in [-0.15, -0.1) is 11.3 Å². The molecule has 1 aliphatic heterocycles. The second kappa shape index (κ2) is 8.79. The number of anilines is 1. The SMILES string of the molecule is Cc1c(C(=O)N2CCC(C(N)=O)CC2)sc2ncnc(NCCc3ccccc3)c12. The maximum Gasteiger partial charge on any atom is 0.264 e. The fourth-order valence-electron chi connectivity index (χ4n) is 3.89. The third-order valence-corrected chi connectivity index (χ3v) is 6.84. The van der Waals surface area contributed by atoms with E-state index in [0.29, 0.717) is 30.8 Å². The molecule has 1 aromatic carbocycles. The summed E-state index contributed by atoms with van der Waals surface area (Å²) in [5.41, 5.74) is 7.57. The molecule has 2 aromatic heterocycles. The first-order chi connectivity index (χ1) is 14.5. The molecule has 0 unspecified atom stereocenters. The standard InChI is InChI=1S/C22H25N5O2S/c1-14-17-20(24-10-7-15-5-3-2-4-6-15)25-13-26-21(17)30-18(14)22(29)27-11-8-16(9-12-27)19(23)28/h2-6,13,16H,7-12H2,1H3,(H2,23,28)(H,24,25,26). The molecule has 1 fully saturated rings. The van der Waals surface area contributed by atoms with Gasteiger partial charge in [0.25, 0.3) is 5.91 Å². The van der Waals surface area contributed by atoms with Crippen LogP contribution in [0.25, 0.3) is 10.2 Å². The number of carbonyl (C=O) groups is 2. The van der Waals surface area contributed by atoms with E-state index in [-0.39, 0.29) is 17.7 Å². The van der Waals surface area contributed by atoms with Crippen molar-refractivity contribution in [1.29, 1.82) is 0 Å². The number of aromatic nitrogens is 2. The summed E-state index contributed by atoms with van der Waals surface area (Å²) in [6.07, 6.45) is 3.67. The molecular formula is C22H25N5O2S. The topological polar surface area (TPSA) is 101 Å². The minimum atomic E-state index is -0.276. The number of primary amides is 1. The Morgan fingerprint density at radius 3 is 2.63 bits per heavy atom. The molecule has 0 atom stereocenters. The quantitative estimate of drug-likeness (QED) is 0.635. The number of hydrogen-bond donors (Lipinski definition) is 2. The summed E-state index contributed by atoms with van der Waals surface area (Å²) in [7, 11) is 0. The second-order valence-corrected chi connectivity index (χ2v) is 8.59. The highest BCUT2D eigenvalue weighted by Crippen LogP contribution is 2.34. The zero-order valence-electron chi connectivity index (χ0n) is 16.9. The van der Waals surface area contributed by atoms with Gasteiger partial charge in [0.2, 0.25) is 5.91 Å². The second-order valence-electron chi connectivity index (χ2n) is 7.59. The van der Waals surface area contributed by atoms with Gasteiger partial charge in [0.05, 0.1) is 10.3 Å². The highest BCUT2D eigenvalue weighted by atomic mass is 32.1. The summed E-state index contributed by atoms with van der Waals surface area (Å²) in [6, 6.07) is 10.3. The van der Waals surface area contributed by atoms with Crippen molar-refractivity contribution >= 4 is 39.2 Å². The number of benzene rings is 1. The molecule has 4 rings (SSSR count). The molecule has 0 aliphatic carbocycles. The lowest BCUT2D eigenvalue weighted by Gasteiger charge is -2.30. The van der Waals surface area contributed by atoms with E-state index in [9.17, 15) is 9.59 Å². The van der Waals surface area contributed by atoms with Crippen LogP contribution >= 0.6 is 11.3 Å². The largest absolute Gasteiger partial charge is 0.369 e. The predicted octanol–water partition coefficient (Wildman–Crippen LogP) is 2.99. The highest BCUT2D eigenvalue weighted by Gasteiger charge is 2.29. The molecule has 156 valence electrons. The Balaban J connectivity index is 1.50. The van der Waals surface area contributed by atoms with Crippen LogP contribution in [-0.2, 0) is 11.2 Å². The third kappa shape index (κ3) is 4.14. The number of hydrogen-bond acceptors (Lipinski definition) is 6. The van der Waals surface area contributed by atoms with E-state index in [2.05, 4.69) is 27.4 Å². The van der Waals surface area contributed by atoms with Gasteiger partial charge in [-0.25, -0.2) is 9.97 Å². The maximum atomic E-state index is 13.1. The Morgan fingerprint density at radius 2 is 1.93 bits per heavy atom. The summed E-state index contributed by atoms with van der Waals surface area (Å²) >= 11 is 1.40. The molecule has 2 amide bonds. The number of fused-ring (bicyclic) bond motifs is 1. The Morgan fingerprint density at radius 1 is 1.20 bits per heavy atom. The minimum absolute atomic E-state index is 0.00587. The molecule has 0 spiro atoms. The first-order valence-corrected chi connectivity index (χ1v) is 11.0. The van der Waals surface area contributed by atoms with Gasteiger partial charge < -0.3 is 16.0 Å². The zero-order chi connectivity index (χ0) is 21.1. The van der Waals surface area contributed by atoms with Crippen LogP contribution in [0.3, 0.4) is 0 Å². The molecule has 3 aromatic rings. The van der Waals surface area contributed by atoms with E-state index in [1.807, 2.05) is 30.0 Å². The monoisotopic (exact) mass is 423 g/mol. The third-order valence-electron chi connectivity index (χ3n) is 5.65. The smallest absolute Gasteiger partial charge is 0.264 e. The highest BCUT2D eigenvalue weighted by molar-refractivity contribution is 7.20. The first kappa shape index (κ1) is 20.3. The molecule has 0 radical (unpaired) electrons. The normalized spacial score (nSPS) is 14.8. The van der Waals surface area contributed by atoms with Gasteiger partial charge in [-0.05, 0) is 37.3 Å². The molecular weight excluding hydrogens is 398 g/mol. The van der Waals surface area contributed by atoms with Crippen molar-refractivity contribution in [3.05, 3.63) is 52.7 Å². The van der Waals surface area contributed by atoms with Crippen LogP contribution in [0.2, 0.25) is 0 Å². The maximum absolute atomic E-state index is 13.1. The van der Waals surface area contributed by atoms with Crippen LogP contribution in [0, 0.1) is 12.8 Å². The Kier molecular flexibility index (Phi) is 5.94. The van der Waals surface area contributed by atoms with E-state index >= 15 is 0 Å². The summed E-state index contributed by atoms with van der Waals surface area (Å²) in [4.78, 5) is 36.6. The lowest BCUT2D eigenvalue weighted by Crippen LogP contribution is -2.41. The van der Waals surface area contributed by atoms with E-state index in [4.69, 9.17) is 5.73 Å². The number of aryl methyl sites for hydroxylation is 1. The van der Waals surface area contributed by atoms with Crippen LogP contribution in [0.5, 0.6) is 0 Å². The van der Waals surface area contributed by atoms with Gasteiger partial charge in [-0.2, -0.15) is 0 Å². The van der Waals surface area contributed by atoms with Crippen molar-refractivity contribution in [2.75, 3.05) is 25.0 Å². The molecule has 8 heteroatoms. The van der Waals surface area contributed by atoms with E-state index in [1.165, 1.54) is 23.2 Å². The average Bonchev–Trinajstić information content (AvgIpc) is 3.11.